The summed E-state index contributed by atoms with van der Waals surface area (Å²) in [5.74, 6) is -0.297. The number of sulfonamides is 1. The van der Waals surface area contributed by atoms with Crippen LogP contribution in [0.1, 0.15) is 12.8 Å². The fourth-order valence-corrected chi connectivity index (χ4v) is 3.92. The first-order chi connectivity index (χ1) is 9.08. The quantitative estimate of drug-likeness (QED) is 0.721. The van der Waals surface area contributed by atoms with Crippen molar-refractivity contribution in [2.24, 2.45) is 0 Å². The number of halogens is 1. The molecule has 114 valence electrons. The van der Waals surface area contributed by atoms with E-state index in [2.05, 4.69) is 15.4 Å². The summed E-state index contributed by atoms with van der Waals surface area (Å²) in [5, 5.41) is 7.68. The summed E-state index contributed by atoms with van der Waals surface area (Å²) in [4.78, 5) is 11.7. The Bertz CT molecular complexity index is 513. The van der Waals surface area contributed by atoms with Crippen molar-refractivity contribution in [3.8, 4) is 0 Å². The van der Waals surface area contributed by atoms with Crippen molar-refractivity contribution in [2.45, 2.75) is 23.1 Å². The van der Waals surface area contributed by atoms with Crippen LogP contribution in [0, 0.1) is 0 Å². The molecule has 1 aromatic rings. The standard InChI is InChI=1S/C11H17N3O3S2.ClH/c15-10(14-9-3-1-5-12-7-9)8-13-19(16,17)11-4-2-6-18-11;/h2,4,6,9,12-13H,1,3,5,7-8H2,(H,14,15);1H/t9-;/m0./s1. The normalized spacial score (nSPS) is 19.1. The fraction of sp³-hybridized carbons (Fsp3) is 0.545. The van der Waals surface area contributed by atoms with Crippen molar-refractivity contribution >= 4 is 39.7 Å². The van der Waals surface area contributed by atoms with Crippen LogP contribution in [0.2, 0.25) is 0 Å². The largest absolute Gasteiger partial charge is 0.351 e. The summed E-state index contributed by atoms with van der Waals surface area (Å²) in [6.07, 6.45) is 1.95. The molecule has 3 N–H and O–H groups in total. The van der Waals surface area contributed by atoms with E-state index in [1.54, 1.807) is 11.4 Å². The lowest BCUT2D eigenvalue weighted by molar-refractivity contribution is -0.120. The molecule has 1 amide bonds. The van der Waals surface area contributed by atoms with E-state index in [1.807, 2.05) is 0 Å². The molecule has 1 aromatic heterocycles. The molecule has 1 fully saturated rings. The van der Waals surface area contributed by atoms with Gasteiger partial charge in [0, 0.05) is 12.6 Å². The minimum atomic E-state index is -3.56. The summed E-state index contributed by atoms with van der Waals surface area (Å²) in [6, 6.07) is 3.26. The zero-order valence-corrected chi connectivity index (χ0v) is 13.2. The zero-order valence-electron chi connectivity index (χ0n) is 10.8. The van der Waals surface area contributed by atoms with Crippen LogP contribution in [-0.2, 0) is 14.8 Å². The van der Waals surface area contributed by atoms with Crippen LogP contribution < -0.4 is 15.4 Å². The van der Waals surface area contributed by atoms with E-state index < -0.39 is 10.0 Å². The van der Waals surface area contributed by atoms with Crippen molar-refractivity contribution in [1.82, 2.24) is 15.4 Å². The van der Waals surface area contributed by atoms with Gasteiger partial charge in [-0.15, -0.1) is 23.7 Å². The Morgan fingerprint density at radius 2 is 2.30 bits per heavy atom. The number of amides is 1. The van der Waals surface area contributed by atoms with Gasteiger partial charge in [-0.05, 0) is 30.8 Å². The number of carbonyl (C=O) groups is 1. The molecule has 1 atom stereocenters. The Morgan fingerprint density at radius 3 is 2.90 bits per heavy atom. The number of hydrogen-bond donors (Lipinski definition) is 3. The molecule has 0 unspecified atom stereocenters. The maximum atomic E-state index is 11.8. The molecule has 2 heterocycles. The van der Waals surface area contributed by atoms with E-state index in [0.29, 0.717) is 0 Å². The number of carbonyl (C=O) groups excluding carboxylic acids is 1. The topological polar surface area (TPSA) is 87.3 Å². The van der Waals surface area contributed by atoms with Crippen molar-refractivity contribution in [1.29, 1.82) is 0 Å². The molecule has 0 aliphatic carbocycles. The molecule has 1 aliphatic rings. The predicted octanol–water partition coefficient (Wildman–Crippen LogP) is 0.316. The van der Waals surface area contributed by atoms with Crippen LogP contribution in [0.15, 0.2) is 21.7 Å². The molecular weight excluding hydrogens is 322 g/mol. The summed E-state index contributed by atoms with van der Waals surface area (Å²) < 4.78 is 26.1. The molecule has 0 spiro atoms. The molecule has 2 rings (SSSR count). The molecule has 0 aromatic carbocycles. The summed E-state index contributed by atoms with van der Waals surface area (Å²) in [5.41, 5.74) is 0. The third kappa shape index (κ3) is 5.02. The highest BCUT2D eigenvalue weighted by molar-refractivity contribution is 7.91. The van der Waals surface area contributed by atoms with Crippen molar-refractivity contribution < 1.29 is 13.2 Å². The average Bonchev–Trinajstić information content (AvgIpc) is 2.92. The third-order valence-electron chi connectivity index (χ3n) is 2.84. The number of hydrogen-bond acceptors (Lipinski definition) is 5. The predicted molar refractivity (Wildman–Crippen MR) is 80.8 cm³/mol. The summed E-state index contributed by atoms with van der Waals surface area (Å²) in [6.45, 7) is 1.48. The highest BCUT2D eigenvalue weighted by Crippen LogP contribution is 2.14. The smallest absolute Gasteiger partial charge is 0.250 e. The lowest BCUT2D eigenvalue weighted by Gasteiger charge is -2.23. The third-order valence-corrected chi connectivity index (χ3v) is 5.64. The summed E-state index contributed by atoms with van der Waals surface area (Å²) >= 11 is 1.13. The first-order valence-corrected chi connectivity index (χ1v) is 8.47. The first-order valence-electron chi connectivity index (χ1n) is 6.11. The van der Waals surface area contributed by atoms with Crippen LogP contribution >= 0.6 is 23.7 Å². The molecule has 20 heavy (non-hydrogen) atoms. The van der Waals surface area contributed by atoms with E-state index in [1.165, 1.54) is 6.07 Å². The highest BCUT2D eigenvalue weighted by atomic mass is 35.5. The van der Waals surface area contributed by atoms with Gasteiger partial charge >= 0.3 is 0 Å². The van der Waals surface area contributed by atoms with E-state index in [4.69, 9.17) is 0 Å². The van der Waals surface area contributed by atoms with Crippen LogP contribution in [0.3, 0.4) is 0 Å². The minimum absolute atomic E-state index is 0. The minimum Gasteiger partial charge on any atom is -0.351 e. The Morgan fingerprint density at radius 1 is 1.50 bits per heavy atom. The Labute approximate surface area is 128 Å². The zero-order chi connectivity index (χ0) is 13.7. The Balaban J connectivity index is 0.00000200. The number of piperidine rings is 1. The fourth-order valence-electron chi connectivity index (χ4n) is 1.90. The van der Waals surface area contributed by atoms with E-state index in [9.17, 15) is 13.2 Å². The van der Waals surface area contributed by atoms with Gasteiger partial charge in [-0.2, -0.15) is 0 Å². The van der Waals surface area contributed by atoms with Crippen LogP contribution in [-0.4, -0.2) is 40.0 Å². The molecule has 0 saturated carbocycles. The monoisotopic (exact) mass is 339 g/mol. The van der Waals surface area contributed by atoms with Gasteiger partial charge in [0.15, 0.2) is 0 Å². The Kier molecular flexibility index (Phi) is 6.90. The number of thiophene rings is 1. The van der Waals surface area contributed by atoms with Crippen molar-refractivity contribution in [2.75, 3.05) is 19.6 Å². The van der Waals surface area contributed by atoms with Crippen LogP contribution in [0.25, 0.3) is 0 Å². The van der Waals surface area contributed by atoms with E-state index >= 15 is 0 Å². The lowest BCUT2D eigenvalue weighted by atomic mass is 10.1. The van der Waals surface area contributed by atoms with Gasteiger partial charge in [0.05, 0.1) is 6.54 Å². The molecule has 0 radical (unpaired) electrons. The number of nitrogens with one attached hydrogen (secondary N) is 3. The van der Waals surface area contributed by atoms with Crippen molar-refractivity contribution in [3.63, 3.8) is 0 Å². The van der Waals surface area contributed by atoms with Gasteiger partial charge in [0.2, 0.25) is 5.91 Å². The van der Waals surface area contributed by atoms with Gasteiger partial charge in [-0.1, -0.05) is 6.07 Å². The lowest BCUT2D eigenvalue weighted by Crippen LogP contribution is -2.48. The molecule has 0 bridgehead atoms. The van der Waals surface area contributed by atoms with Crippen LogP contribution in [0.5, 0.6) is 0 Å². The SMILES string of the molecule is Cl.O=C(CNS(=O)(=O)c1cccs1)N[C@H]1CCCNC1. The summed E-state index contributed by atoms with van der Waals surface area (Å²) in [7, 11) is -3.56. The second kappa shape index (κ2) is 7.94. The molecule has 9 heteroatoms. The first kappa shape index (κ1) is 17.4. The van der Waals surface area contributed by atoms with Gasteiger partial charge in [0.25, 0.3) is 10.0 Å². The van der Waals surface area contributed by atoms with Gasteiger partial charge < -0.3 is 10.6 Å². The van der Waals surface area contributed by atoms with E-state index in [0.717, 1.165) is 37.3 Å². The molecular formula is C11H18ClN3O3S2. The second-order valence-electron chi connectivity index (χ2n) is 4.37. The molecule has 1 saturated heterocycles. The average molecular weight is 340 g/mol. The second-order valence-corrected chi connectivity index (χ2v) is 7.31. The molecule has 6 nitrogen and oxygen atoms in total. The van der Waals surface area contributed by atoms with Gasteiger partial charge in [-0.25, -0.2) is 13.1 Å². The van der Waals surface area contributed by atoms with Gasteiger partial charge in [0.1, 0.15) is 4.21 Å². The van der Waals surface area contributed by atoms with Gasteiger partial charge in [-0.3, -0.25) is 4.79 Å². The van der Waals surface area contributed by atoms with Crippen LogP contribution in [0.4, 0.5) is 0 Å². The number of rotatable bonds is 5. The van der Waals surface area contributed by atoms with Crippen molar-refractivity contribution in [3.05, 3.63) is 17.5 Å². The van der Waals surface area contributed by atoms with E-state index in [-0.39, 0.29) is 35.1 Å². The highest BCUT2D eigenvalue weighted by Gasteiger charge is 2.19. The maximum Gasteiger partial charge on any atom is 0.250 e. The maximum absolute atomic E-state index is 11.8. The molecule has 1 aliphatic heterocycles. The Hall–Kier alpha value is -0.670.